The molecule has 0 saturated carbocycles. The van der Waals surface area contributed by atoms with Gasteiger partial charge in [0.25, 0.3) is 5.91 Å². The summed E-state index contributed by atoms with van der Waals surface area (Å²) >= 11 is 6.06. The van der Waals surface area contributed by atoms with E-state index in [1.165, 1.54) is 0 Å². The van der Waals surface area contributed by atoms with Crippen LogP contribution < -0.4 is 9.80 Å². The molecule has 0 bridgehead atoms. The van der Waals surface area contributed by atoms with Crippen molar-refractivity contribution in [2.75, 3.05) is 49.1 Å². The molecule has 2 aromatic rings. The Morgan fingerprint density at radius 1 is 0.967 bits per heavy atom. The fourth-order valence-corrected chi connectivity index (χ4v) is 4.14. The fourth-order valence-electron chi connectivity index (χ4n) is 3.85. The van der Waals surface area contributed by atoms with Crippen LogP contribution in [0.4, 0.5) is 24.8 Å². The van der Waals surface area contributed by atoms with Crippen molar-refractivity contribution in [1.29, 1.82) is 0 Å². The number of piperazine rings is 1. The van der Waals surface area contributed by atoms with Gasteiger partial charge in [-0.1, -0.05) is 11.6 Å². The molecule has 0 aliphatic carbocycles. The molecule has 6 nitrogen and oxygen atoms in total. The quantitative estimate of drug-likeness (QED) is 0.729. The topological polar surface area (TPSA) is 52.6 Å². The highest BCUT2D eigenvalue weighted by atomic mass is 35.5. The largest absolute Gasteiger partial charge is 0.417 e. The summed E-state index contributed by atoms with van der Waals surface area (Å²) in [4.78, 5) is 27.1. The molecule has 30 heavy (non-hydrogen) atoms. The lowest BCUT2D eigenvalue weighted by atomic mass is 10.2. The molecule has 4 heterocycles. The Morgan fingerprint density at radius 2 is 1.63 bits per heavy atom. The molecule has 4 rings (SSSR count). The number of amides is 1. The maximum Gasteiger partial charge on any atom is 0.417 e. The molecule has 0 radical (unpaired) electrons. The molecule has 1 amide bonds. The molecule has 0 aromatic carbocycles. The fraction of sp³-hybridized carbons (Fsp3) is 0.450. The molecule has 2 saturated heterocycles. The number of alkyl halides is 3. The van der Waals surface area contributed by atoms with Gasteiger partial charge in [0.2, 0.25) is 0 Å². The molecule has 0 atom stereocenters. The molecule has 10 heteroatoms. The lowest BCUT2D eigenvalue weighted by Gasteiger charge is -2.36. The van der Waals surface area contributed by atoms with Gasteiger partial charge in [0, 0.05) is 51.7 Å². The maximum atomic E-state index is 13.1. The van der Waals surface area contributed by atoms with E-state index in [0.29, 0.717) is 37.6 Å². The Labute approximate surface area is 177 Å². The molecular weight excluding hydrogens is 419 g/mol. The number of aromatic nitrogens is 2. The van der Waals surface area contributed by atoms with Crippen LogP contribution in [0.5, 0.6) is 0 Å². The summed E-state index contributed by atoms with van der Waals surface area (Å²) in [5.74, 6) is 0.932. The first-order valence-electron chi connectivity index (χ1n) is 9.81. The Balaban J connectivity index is 1.45. The van der Waals surface area contributed by atoms with Crippen LogP contribution in [0.15, 0.2) is 30.6 Å². The van der Waals surface area contributed by atoms with E-state index in [9.17, 15) is 18.0 Å². The number of pyridine rings is 2. The molecule has 2 aromatic heterocycles. The minimum absolute atomic E-state index is 0.0480. The number of anilines is 2. The van der Waals surface area contributed by atoms with Gasteiger partial charge in [0.15, 0.2) is 0 Å². The molecule has 0 spiro atoms. The van der Waals surface area contributed by atoms with Crippen LogP contribution in [0.1, 0.15) is 28.8 Å². The minimum Gasteiger partial charge on any atom is -0.356 e. The zero-order valence-electron chi connectivity index (χ0n) is 16.2. The van der Waals surface area contributed by atoms with E-state index in [-0.39, 0.29) is 10.9 Å². The summed E-state index contributed by atoms with van der Waals surface area (Å²) in [6, 6.07) is 4.44. The lowest BCUT2D eigenvalue weighted by molar-refractivity contribution is -0.137. The van der Waals surface area contributed by atoms with Gasteiger partial charge in [-0.2, -0.15) is 13.2 Å². The molecule has 2 fully saturated rings. The summed E-state index contributed by atoms with van der Waals surface area (Å²) in [6.45, 7) is 3.50. The highest BCUT2D eigenvalue weighted by Crippen LogP contribution is 2.34. The molecule has 160 valence electrons. The normalized spacial score (nSPS) is 17.5. The van der Waals surface area contributed by atoms with Crippen LogP contribution in [0.25, 0.3) is 0 Å². The van der Waals surface area contributed by atoms with Crippen molar-refractivity contribution in [3.8, 4) is 0 Å². The molecule has 2 aliphatic heterocycles. The van der Waals surface area contributed by atoms with Gasteiger partial charge in [-0.05, 0) is 31.0 Å². The monoisotopic (exact) mass is 439 g/mol. The second kappa shape index (κ2) is 8.29. The van der Waals surface area contributed by atoms with Crippen molar-refractivity contribution in [3.63, 3.8) is 0 Å². The van der Waals surface area contributed by atoms with E-state index in [2.05, 4.69) is 14.9 Å². The van der Waals surface area contributed by atoms with E-state index in [1.54, 1.807) is 28.1 Å². The van der Waals surface area contributed by atoms with Crippen molar-refractivity contribution in [2.24, 2.45) is 0 Å². The highest BCUT2D eigenvalue weighted by Gasteiger charge is 2.33. The van der Waals surface area contributed by atoms with E-state index in [1.807, 2.05) is 0 Å². The number of halogens is 4. The van der Waals surface area contributed by atoms with Crippen molar-refractivity contribution in [1.82, 2.24) is 14.9 Å². The SMILES string of the molecule is O=C(c1cccnc1N1CCCC1)N1CCN(c2ncc(C(F)(F)F)cc2Cl)CC1. The van der Waals surface area contributed by atoms with Crippen molar-refractivity contribution in [3.05, 3.63) is 46.7 Å². The van der Waals surface area contributed by atoms with Crippen LogP contribution in [-0.2, 0) is 6.18 Å². The maximum absolute atomic E-state index is 13.1. The Kier molecular flexibility index (Phi) is 5.73. The first-order valence-corrected chi connectivity index (χ1v) is 10.2. The average molecular weight is 440 g/mol. The minimum atomic E-state index is -4.49. The lowest BCUT2D eigenvalue weighted by Crippen LogP contribution is -2.49. The second-order valence-electron chi connectivity index (χ2n) is 7.38. The molecular formula is C20H21ClF3N5O. The zero-order valence-corrected chi connectivity index (χ0v) is 17.0. The second-order valence-corrected chi connectivity index (χ2v) is 7.78. The number of rotatable bonds is 3. The van der Waals surface area contributed by atoms with Crippen LogP contribution in [-0.4, -0.2) is 60.0 Å². The first kappa shape index (κ1) is 20.7. The Morgan fingerprint density at radius 3 is 2.27 bits per heavy atom. The van der Waals surface area contributed by atoms with E-state index in [4.69, 9.17) is 11.6 Å². The van der Waals surface area contributed by atoms with Gasteiger partial charge >= 0.3 is 6.18 Å². The summed E-state index contributed by atoms with van der Waals surface area (Å²) in [5.41, 5.74) is -0.297. The van der Waals surface area contributed by atoms with Crippen LogP contribution >= 0.6 is 11.6 Å². The Hall–Kier alpha value is -2.55. The van der Waals surface area contributed by atoms with Gasteiger partial charge in [0.05, 0.1) is 16.1 Å². The van der Waals surface area contributed by atoms with Crippen molar-refractivity contribution >= 4 is 29.1 Å². The molecule has 2 aliphatic rings. The van der Waals surface area contributed by atoms with Gasteiger partial charge in [-0.15, -0.1) is 0 Å². The van der Waals surface area contributed by atoms with E-state index < -0.39 is 11.7 Å². The van der Waals surface area contributed by atoms with Crippen molar-refractivity contribution < 1.29 is 18.0 Å². The Bertz CT molecular complexity index is 925. The number of hydrogen-bond donors (Lipinski definition) is 0. The summed E-state index contributed by atoms with van der Waals surface area (Å²) < 4.78 is 38.5. The number of hydrogen-bond acceptors (Lipinski definition) is 5. The molecule has 0 unspecified atom stereocenters. The summed E-state index contributed by atoms with van der Waals surface area (Å²) in [7, 11) is 0. The van der Waals surface area contributed by atoms with Crippen molar-refractivity contribution in [2.45, 2.75) is 19.0 Å². The summed E-state index contributed by atoms with van der Waals surface area (Å²) in [6.07, 6.45) is 0.169. The summed E-state index contributed by atoms with van der Waals surface area (Å²) in [5, 5.41) is -0.0480. The number of carbonyl (C=O) groups is 1. The van der Waals surface area contributed by atoms with Crippen LogP contribution in [0, 0.1) is 0 Å². The third kappa shape index (κ3) is 4.16. The van der Waals surface area contributed by atoms with Gasteiger partial charge in [0.1, 0.15) is 11.6 Å². The van der Waals surface area contributed by atoms with Gasteiger partial charge in [-0.25, -0.2) is 9.97 Å². The molecule has 0 N–H and O–H groups in total. The van der Waals surface area contributed by atoms with Gasteiger partial charge in [-0.3, -0.25) is 4.79 Å². The third-order valence-electron chi connectivity index (χ3n) is 5.44. The predicted molar refractivity (Wildman–Crippen MR) is 108 cm³/mol. The highest BCUT2D eigenvalue weighted by molar-refractivity contribution is 6.33. The number of nitrogens with zero attached hydrogens (tertiary/aromatic N) is 5. The van der Waals surface area contributed by atoms with E-state index >= 15 is 0 Å². The average Bonchev–Trinajstić information content (AvgIpc) is 3.27. The predicted octanol–water partition coefficient (Wildman–Crippen LogP) is 3.71. The van der Waals surface area contributed by atoms with Gasteiger partial charge < -0.3 is 14.7 Å². The standard InChI is InChI=1S/C20H21ClF3N5O/c21-16-12-14(20(22,23)24)13-26-18(16)28-8-10-29(11-9-28)19(30)15-4-3-5-25-17(15)27-6-1-2-7-27/h3-5,12-13H,1-2,6-11H2. The smallest absolute Gasteiger partial charge is 0.356 e. The van der Waals surface area contributed by atoms with Crippen LogP contribution in [0.3, 0.4) is 0 Å². The third-order valence-corrected chi connectivity index (χ3v) is 5.72. The van der Waals surface area contributed by atoms with Crippen LogP contribution in [0.2, 0.25) is 5.02 Å². The first-order chi connectivity index (χ1) is 14.3. The zero-order chi connectivity index (χ0) is 21.3. The van der Waals surface area contributed by atoms with E-state index in [0.717, 1.165) is 44.0 Å². The number of carbonyl (C=O) groups excluding carboxylic acids is 1.